The summed E-state index contributed by atoms with van der Waals surface area (Å²) < 4.78 is 2.13. The average molecular weight is 526 g/mol. The Hall–Kier alpha value is -2.34. The first kappa shape index (κ1) is 25.3. The summed E-state index contributed by atoms with van der Waals surface area (Å²) in [5.41, 5.74) is 6.62. The highest BCUT2D eigenvalue weighted by Crippen LogP contribution is 2.47. The van der Waals surface area contributed by atoms with Crippen LogP contribution in [0, 0.1) is 13.8 Å². The van der Waals surface area contributed by atoms with Crippen molar-refractivity contribution >= 4 is 34.8 Å². The smallest absolute Gasteiger partial charge is 0.280 e. The highest BCUT2D eigenvalue weighted by molar-refractivity contribution is 6.31. The lowest BCUT2D eigenvalue weighted by atomic mass is 9.91. The van der Waals surface area contributed by atoms with Crippen LogP contribution >= 0.6 is 23.2 Å². The summed E-state index contributed by atoms with van der Waals surface area (Å²) in [6, 6.07) is 11.8. The van der Waals surface area contributed by atoms with Gasteiger partial charge in [0.25, 0.3) is 5.91 Å². The number of likely N-dealkylation sites (tertiary alicyclic amines) is 1. The van der Waals surface area contributed by atoms with Crippen LogP contribution in [0.4, 0.5) is 5.69 Å². The van der Waals surface area contributed by atoms with Crippen LogP contribution in [-0.2, 0) is 6.54 Å². The van der Waals surface area contributed by atoms with Crippen molar-refractivity contribution < 1.29 is 4.79 Å². The van der Waals surface area contributed by atoms with Gasteiger partial charge in [-0.3, -0.25) is 14.4 Å². The van der Waals surface area contributed by atoms with E-state index in [1.165, 1.54) is 12.8 Å². The Balaban J connectivity index is 1.70. The summed E-state index contributed by atoms with van der Waals surface area (Å²) in [7, 11) is 2.20. The molecule has 3 aromatic rings. The molecule has 1 aromatic heterocycles. The second-order valence-corrected chi connectivity index (χ2v) is 11.5. The molecule has 1 saturated heterocycles. The summed E-state index contributed by atoms with van der Waals surface area (Å²) in [4.78, 5) is 18.5. The van der Waals surface area contributed by atoms with Crippen LogP contribution < -0.4 is 4.90 Å². The molecule has 2 aromatic carbocycles. The van der Waals surface area contributed by atoms with E-state index in [-0.39, 0.29) is 17.9 Å². The molecule has 36 heavy (non-hydrogen) atoms. The number of hydrogen-bond acceptors (Lipinski definition) is 3. The minimum atomic E-state index is -0.294. The molecular formula is C29H34Cl2N4O. The molecule has 1 fully saturated rings. The van der Waals surface area contributed by atoms with Gasteiger partial charge in [0.15, 0.2) is 5.69 Å². The van der Waals surface area contributed by atoms with E-state index in [9.17, 15) is 4.79 Å². The molecule has 7 heteroatoms. The fraction of sp³-hybridized carbons (Fsp3) is 0.448. The maximum Gasteiger partial charge on any atom is 0.280 e. The number of aryl methyl sites for hydroxylation is 2. The minimum Gasteiger partial charge on any atom is -0.302 e. The molecule has 0 radical (unpaired) electrons. The molecule has 5 rings (SSSR count). The Kier molecular flexibility index (Phi) is 6.92. The van der Waals surface area contributed by atoms with Gasteiger partial charge in [-0.2, -0.15) is 5.10 Å². The van der Waals surface area contributed by atoms with Gasteiger partial charge >= 0.3 is 0 Å². The lowest BCUT2D eigenvalue weighted by Gasteiger charge is -2.33. The molecule has 0 bridgehead atoms. The van der Waals surface area contributed by atoms with Crippen molar-refractivity contribution in [1.29, 1.82) is 0 Å². The zero-order chi connectivity index (χ0) is 25.7. The third kappa shape index (κ3) is 4.36. The molecular weight excluding hydrogens is 491 g/mol. The first-order valence-electron chi connectivity index (χ1n) is 12.8. The Morgan fingerprint density at radius 3 is 2.44 bits per heavy atom. The van der Waals surface area contributed by atoms with Crippen molar-refractivity contribution in [2.75, 3.05) is 18.5 Å². The molecule has 1 amide bonds. The van der Waals surface area contributed by atoms with E-state index in [4.69, 9.17) is 28.3 Å². The monoisotopic (exact) mass is 524 g/mol. The molecule has 5 nitrogen and oxygen atoms in total. The fourth-order valence-electron chi connectivity index (χ4n) is 5.93. The largest absolute Gasteiger partial charge is 0.302 e. The van der Waals surface area contributed by atoms with Crippen molar-refractivity contribution in [3.8, 4) is 0 Å². The average Bonchev–Trinajstić information content (AvgIpc) is 3.32. The summed E-state index contributed by atoms with van der Waals surface area (Å²) in [6.07, 6.45) is 3.63. The molecule has 3 heterocycles. The van der Waals surface area contributed by atoms with Crippen LogP contribution in [0.25, 0.3) is 0 Å². The van der Waals surface area contributed by atoms with Gasteiger partial charge in [0.1, 0.15) is 0 Å². The number of anilines is 1. The minimum absolute atomic E-state index is 0.0765. The van der Waals surface area contributed by atoms with Crippen molar-refractivity contribution in [3.05, 3.63) is 80.1 Å². The number of hydrogen-bond donors (Lipinski definition) is 0. The molecule has 2 aliphatic rings. The topological polar surface area (TPSA) is 41.4 Å². The van der Waals surface area contributed by atoms with Crippen molar-refractivity contribution in [2.24, 2.45) is 0 Å². The van der Waals surface area contributed by atoms with Crippen molar-refractivity contribution in [2.45, 2.75) is 71.5 Å². The number of aromatic nitrogens is 2. The Bertz CT molecular complexity index is 1310. The van der Waals surface area contributed by atoms with E-state index in [0.29, 0.717) is 21.8 Å². The van der Waals surface area contributed by atoms with Crippen LogP contribution in [0.2, 0.25) is 10.0 Å². The van der Waals surface area contributed by atoms with Crippen molar-refractivity contribution in [3.63, 3.8) is 0 Å². The number of carbonyl (C=O) groups is 1. The van der Waals surface area contributed by atoms with E-state index in [0.717, 1.165) is 53.1 Å². The molecule has 0 spiro atoms. The number of nitrogens with zero attached hydrogens (tertiary/aromatic N) is 4. The number of rotatable bonds is 5. The summed E-state index contributed by atoms with van der Waals surface area (Å²) in [5.74, 6) is 0.130. The van der Waals surface area contributed by atoms with Gasteiger partial charge in [0.05, 0.1) is 12.6 Å². The van der Waals surface area contributed by atoms with Gasteiger partial charge in [-0.05, 0) is 87.2 Å². The van der Waals surface area contributed by atoms with Crippen LogP contribution in [-0.4, -0.2) is 40.2 Å². The first-order chi connectivity index (χ1) is 17.2. The molecule has 2 aliphatic heterocycles. The second kappa shape index (κ2) is 9.85. The van der Waals surface area contributed by atoms with Crippen LogP contribution in [0.5, 0.6) is 0 Å². The van der Waals surface area contributed by atoms with Gasteiger partial charge in [0.2, 0.25) is 0 Å². The molecule has 0 saturated carbocycles. The number of benzene rings is 2. The number of amides is 1. The van der Waals surface area contributed by atoms with Gasteiger partial charge < -0.3 is 4.90 Å². The molecule has 190 valence electrons. The number of piperidine rings is 1. The molecule has 0 aliphatic carbocycles. The highest BCUT2D eigenvalue weighted by Gasteiger charge is 2.45. The summed E-state index contributed by atoms with van der Waals surface area (Å²) in [6.45, 7) is 10.4. The predicted molar refractivity (Wildman–Crippen MR) is 148 cm³/mol. The quantitative estimate of drug-likeness (QED) is 0.355. The third-order valence-electron chi connectivity index (χ3n) is 7.79. The summed E-state index contributed by atoms with van der Waals surface area (Å²) >= 11 is 12.8. The van der Waals surface area contributed by atoms with E-state index in [1.54, 1.807) is 0 Å². The van der Waals surface area contributed by atoms with E-state index in [1.807, 2.05) is 48.2 Å². The molecule has 0 N–H and O–H groups in total. The second-order valence-electron chi connectivity index (χ2n) is 10.6. The number of carbonyl (C=O) groups excluding carboxylic acids is 1. The van der Waals surface area contributed by atoms with Gasteiger partial charge in [-0.1, -0.05) is 55.6 Å². The van der Waals surface area contributed by atoms with Crippen molar-refractivity contribution in [1.82, 2.24) is 14.7 Å². The predicted octanol–water partition coefficient (Wildman–Crippen LogP) is 7.16. The standard InChI is InChI=1S/C29H34Cl2N4O/c1-17(2)27-25-26(32-34(27)16-22-8-6-7-13-33(22)5)29(36)35(24-15-21(31)10-9-18(24)3)28(25)23-12-11-20(30)14-19(23)4/h9-12,14-15,17,22,28H,6-8,13,16H2,1-5H3. The SMILES string of the molecule is Cc1cc(Cl)ccc1C1c2c(nn(CC3CCCCN3C)c2C(C)C)C(=O)N1c1cc(Cl)ccc1C. The molecule has 2 atom stereocenters. The van der Waals surface area contributed by atoms with E-state index in [2.05, 4.69) is 37.4 Å². The van der Waals surface area contributed by atoms with Crippen LogP contribution in [0.15, 0.2) is 36.4 Å². The number of fused-ring (bicyclic) bond motifs is 1. The zero-order valence-electron chi connectivity index (χ0n) is 21.7. The highest BCUT2D eigenvalue weighted by atomic mass is 35.5. The van der Waals surface area contributed by atoms with Crippen LogP contribution in [0.3, 0.4) is 0 Å². The maximum atomic E-state index is 14.1. The Labute approximate surface area is 224 Å². The lowest BCUT2D eigenvalue weighted by molar-refractivity contribution is 0.0986. The van der Waals surface area contributed by atoms with Crippen LogP contribution in [0.1, 0.15) is 83.5 Å². The number of likely N-dealkylation sites (N-methyl/N-ethyl adjacent to an activating group) is 1. The fourth-order valence-corrected chi connectivity index (χ4v) is 6.32. The molecule has 2 unspecified atom stereocenters. The first-order valence-corrected chi connectivity index (χ1v) is 13.6. The maximum absolute atomic E-state index is 14.1. The van der Waals surface area contributed by atoms with Gasteiger partial charge in [0, 0.05) is 33.0 Å². The normalized spacial score (nSPS) is 20.4. The summed E-state index contributed by atoms with van der Waals surface area (Å²) in [5, 5.41) is 6.30. The lowest BCUT2D eigenvalue weighted by Crippen LogP contribution is -2.40. The van der Waals surface area contributed by atoms with Gasteiger partial charge in [-0.25, -0.2) is 0 Å². The van der Waals surface area contributed by atoms with Gasteiger partial charge in [-0.15, -0.1) is 0 Å². The third-order valence-corrected chi connectivity index (χ3v) is 8.26. The Morgan fingerprint density at radius 2 is 1.75 bits per heavy atom. The number of halogens is 2. The van der Waals surface area contributed by atoms with E-state index < -0.39 is 0 Å². The Morgan fingerprint density at radius 1 is 1.03 bits per heavy atom. The van der Waals surface area contributed by atoms with E-state index >= 15 is 0 Å². The zero-order valence-corrected chi connectivity index (χ0v) is 23.2.